The molecule has 0 unspecified atom stereocenters. The number of amides is 1. The van der Waals surface area contributed by atoms with Crippen molar-refractivity contribution in [2.24, 2.45) is 0 Å². The van der Waals surface area contributed by atoms with Gasteiger partial charge in [0.25, 0.3) is 11.5 Å². The molecule has 0 saturated heterocycles. The van der Waals surface area contributed by atoms with E-state index in [2.05, 4.69) is 16.0 Å². The molecule has 0 radical (unpaired) electrons. The van der Waals surface area contributed by atoms with Crippen LogP contribution in [0.15, 0.2) is 60.8 Å². The number of carbonyl (C=O) groups excluding carboxylic acids is 1. The summed E-state index contributed by atoms with van der Waals surface area (Å²) in [5, 5.41) is 42.0. The highest BCUT2D eigenvalue weighted by Gasteiger charge is 2.41. The maximum Gasteiger partial charge on any atom is 0.367 e. The van der Waals surface area contributed by atoms with Crippen molar-refractivity contribution in [2.45, 2.75) is 25.4 Å². The van der Waals surface area contributed by atoms with Gasteiger partial charge < -0.3 is 21.0 Å². The first-order chi connectivity index (χ1) is 16.8. The molecule has 182 valence electrons. The number of halogens is 2. The predicted octanol–water partition coefficient (Wildman–Crippen LogP) is 1.61. The highest BCUT2D eigenvalue weighted by Crippen LogP contribution is 2.25. The molecular weight excluding hydrogens is 458 g/mol. The Hall–Kier alpha value is -4.30. The lowest BCUT2D eigenvalue weighted by Crippen LogP contribution is -2.43. The Labute approximate surface area is 200 Å². The number of anilines is 1. The molecule has 11 heteroatoms. The summed E-state index contributed by atoms with van der Waals surface area (Å²) >= 11 is 0. The van der Waals surface area contributed by atoms with E-state index in [0.29, 0.717) is 6.54 Å². The lowest BCUT2D eigenvalue weighted by atomic mass is 10.1. The van der Waals surface area contributed by atoms with Crippen molar-refractivity contribution >= 4 is 11.7 Å². The van der Waals surface area contributed by atoms with E-state index < -0.39 is 30.5 Å². The van der Waals surface area contributed by atoms with Gasteiger partial charge in [0.05, 0.1) is 12.0 Å². The van der Waals surface area contributed by atoms with Gasteiger partial charge in [0, 0.05) is 31.3 Å². The summed E-state index contributed by atoms with van der Waals surface area (Å²) in [6.45, 7) is -0.214. The Bertz CT molecular complexity index is 1250. The van der Waals surface area contributed by atoms with Crippen LogP contribution < -0.4 is 25.4 Å². The molecule has 0 atom stereocenters. The molecule has 0 fully saturated rings. The fourth-order valence-electron chi connectivity index (χ4n) is 3.49. The van der Waals surface area contributed by atoms with Crippen LogP contribution in [0.5, 0.6) is 0 Å². The number of nitriles is 1. The molecule has 3 N–H and O–H groups in total. The quantitative estimate of drug-likeness (QED) is 0.297. The second-order valence-electron chi connectivity index (χ2n) is 7.71. The minimum absolute atomic E-state index is 0.0518. The average Bonchev–Trinajstić information content (AvgIpc) is 2.84. The number of rotatable bonds is 10. The summed E-state index contributed by atoms with van der Waals surface area (Å²) in [4.78, 5) is 12.6. The van der Waals surface area contributed by atoms with Gasteiger partial charge in [-0.05, 0) is 30.3 Å². The van der Waals surface area contributed by atoms with E-state index in [-0.39, 0.29) is 33.1 Å². The van der Waals surface area contributed by atoms with Crippen LogP contribution in [-0.2, 0) is 30.2 Å². The van der Waals surface area contributed by atoms with E-state index in [0.717, 1.165) is 23.4 Å². The average molecular weight is 482 g/mol. The zero-order chi connectivity index (χ0) is 25.4. The van der Waals surface area contributed by atoms with Crippen molar-refractivity contribution in [3.05, 3.63) is 99.3 Å². The van der Waals surface area contributed by atoms with Crippen molar-refractivity contribution in [1.29, 1.82) is 5.26 Å². The van der Waals surface area contributed by atoms with Crippen molar-refractivity contribution in [3.63, 3.8) is 0 Å². The molecule has 1 aromatic carbocycles. The van der Waals surface area contributed by atoms with Crippen LogP contribution in [-0.4, -0.2) is 19.5 Å². The number of nitrogens with one attached hydrogen (secondary N) is 3. The molecule has 2 heterocycles. The van der Waals surface area contributed by atoms with Gasteiger partial charge in [-0.15, -0.1) is 0 Å². The number of carbonyl (C=O) groups is 1. The van der Waals surface area contributed by atoms with E-state index in [1.54, 1.807) is 7.05 Å². The van der Waals surface area contributed by atoms with Crippen molar-refractivity contribution in [3.8, 4) is 6.07 Å². The Morgan fingerprint density at radius 3 is 2.40 bits per heavy atom. The molecule has 0 bridgehead atoms. The van der Waals surface area contributed by atoms with Crippen LogP contribution in [0.3, 0.4) is 0 Å². The highest BCUT2D eigenvalue weighted by atomic mass is 19.3. The zero-order valence-electron chi connectivity index (χ0n) is 18.9. The van der Waals surface area contributed by atoms with Crippen LogP contribution in [0.25, 0.3) is 0 Å². The molecule has 0 aliphatic rings. The van der Waals surface area contributed by atoms with Crippen LogP contribution >= 0.6 is 0 Å². The number of alkyl halides is 2. The lowest BCUT2D eigenvalue weighted by molar-refractivity contribution is -0.624. The third kappa shape index (κ3) is 6.18. The normalized spacial score (nSPS) is 11.0. The third-order valence-corrected chi connectivity index (χ3v) is 5.28. The largest absolute Gasteiger partial charge is 0.710 e. The van der Waals surface area contributed by atoms with Gasteiger partial charge in [-0.1, -0.05) is 24.3 Å². The first-order valence-electron chi connectivity index (χ1n) is 10.7. The molecule has 9 nitrogen and oxygen atoms in total. The minimum Gasteiger partial charge on any atom is -0.710 e. The van der Waals surface area contributed by atoms with Crippen LogP contribution in [0.4, 0.5) is 14.6 Å². The van der Waals surface area contributed by atoms with Gasteiger partial charge in [0.1, 0.15) is 11.8 Å². The van der Waals surface area contributed by atoms with Crippen LogP contribution in [0.2, 0.25) is 0 Å². The van der Waals surface area contributed by atoms with E-state index in [9.17, 15) is 29.3 Å². The maximum absolute atomic E-state index is 14.5. The molecule has 3 rings (SSSR count). The summed E-state index contributed by atoms with van der Waals surface area (Å²) in [6, 6.07) is 15.4. The zero-order valence-corrected chi connectivity index (χ0v) is 18.9. The molecule has 2 aromatic heterocycles. The van der Waals surface area contributed by atoms with E-state index >= 15 is 0 Å². The number of hydrogen-bond acceptors (Lipinski definition) is 6. The van der Waals surface area contributed by atoms with Crippen LogP contribution in [0, 0.1) is 21.7 Å². The molecule has 0 saturated carbocycles. The smallest absolute Gasteiger partial charge is 0.367 e. The number of pyridine rings is 2. The number of nitrogens with zero attached hydrogens (tertiary/aromatic N) is 3. The number of aromatic nitrogens is 2. The Kier molecular flexibility index (Phi) is 8.12. The fourth-order valence-corrected chi connectivity index (χ4v) is 3.49. The van der Waals surface area contributed by atoms with E-state index in [4.69, 9.17) is 0 Å². The summed E-state index contributed by atoms with van der Waals surface area (Å²) < 4.78 is 29.3. The Morgan fingerprint density at radius 1 is 1.06 bits per heavy atom. The van der Waals surface area contributed by atoms with Gasteiger partial charge in [0.2, 0.25) is 5.91 Å². The predicted molar refractivity (Wildman–Crippen MR) is 123 cm³/mol. The van der Waals surface area contributed by atoms with E-state index in [1.165, 1.54) is 24.3 Å². The van der Waals surface area contributed by atoms with Gasteiger partial charge >= 0.3 is 5.92 Å². The van der Waals surface area contributed by atoms with Crippen molar-refractivity contribution in [1.82, 2.24) is 10.6 Å². The SMILES string of the molecule is CNCc1ccccc1CNC(=O)Cc1c(C#N)ccc(NCC(F)(F)c2cccc[n+]2[O-])[n+]1[O-]. The first kappa shape index (κ1) is 25.3. The number of benzene rings is 1. The molecule has 35 heavy (non-hydrogen) atoms. The molecule has 1 amide bonds. The Balaban J connectivity index is 1.73. The first-order valence-corrected chi connectivity index (χ1v) is 10.7. The van der Waals surface area contributed by atoms with Crippen LogP contribution in [0.1, 0.15) is 28.1 Å². The molecular formula is C24H24F2N6O3. The highest BCUT2D eigenvalue weighted by molar-refractivity contribution is 5.78. The molecule has 0 spiro atoms. The van der Waals surface area contributed by atoms with E-state index in [1.807, 2.05) is 30.3 Å². The summed E-state index contributed by atoms with van der Waals surface area (Å²) in [5.41, 5.74) is 0.873. The monoisotopic (exact) mass is 482 g/mol. The van der Waals surface area contributed by atoms with Gasteiger partial charge in [-0.2, -0.15) is 18.8 Å². The lowest BCUT2D eigenvalue weighted by Gasteiger charge is -2.18. The Morgan fingerprint density at radius 2 is 1.74 bits per heavy atom. The molecule has 0 aliphatic heterocycles. The topological polar surface area (TPSA) is 131 Å². The summed E-state index contributed by atoms with van der Waals surface area (Å²) in [7, 11) is 1.81. The van der Waals surface area contributed by atoms with Crippen molar-refractivity contribution in [2.75, 3.05) is 18.9 Å². The minimum atomic E-state index is -3.58. The van der Waals surface area contributed by atoms with Gasteiger partial charge in [-0.3, -0.25) is 10.1 Å². The maximum atomic E-state index is 14.5. The second kappa shape index (κ2) is 11.2. The summed E-state index contributed by atoms with van der Waals surface area (Å²) in [5.74, 6) is -4.37. The third-order valence-electron chi connectivity index (χ3n) is 5.28. The number of hydrogen-bond donors (Lipinski definition) is 3. The van der Waals surface area contributed by atoms with Gasteiger partial charge in [-0.25, -0.2) is 4.73 Å². The molecule has 3 aromatic rings. The second-order valence-corrected chi connectivity index (χ2v) is 7.71. The summed E-state index contributed by atoms with van der Waals surface area (Å²) in [6.07, 6.45) is 0.526. The fraction of sp³-hybridized carbons (Fsp3) is 0.250. The standard InChI is InChI=1S/C24H24F2N6O3/c1-28-14-18-6-2-3-7-19(18)15-29-23(33)12-20-17(13-27)9-10-22(32(20)35)30-16-24(25,26)21-8-4-5-11-31(21)34/h2-11,28,30H,12,14-16H2,1H3,(H,29,33). The van der Waals surface area contributed by atoms with Crippen molar-refractivity contribution < 1.29 is 23.0 Å². The molecule has 0 aliphatic carbocycles. The van der Waals surface area contributed by atoms with Gasteiger partial charge in [0.15, 0.2) is 12.7 Å².